The molecule has 136 valence electrons. The van der Waals surface area contributed by atoms with E-state index in [1.54, 1.807) is 24.3 Å². The Morgan fingerprint density at radius 2 is 1.93 bits per heavy atom. The number of thiophene rings is 2. The van der Waals surface area contributed by atoms with Crippen LogP contribution in [0.4, 0.5) is 10.1 Å². The van der Waals surface area contributed by atoms with Crippen molar-refractivity contribution in [2.45, 2.75) is 0 Å². The van der Waals surface area contributed by atoms with Crippen LogP contribution >= 0.6 is 45.6 Å². The lowest BCUT2D eigenvalue weighted by molar-refractivity contribution is 0.0995. The number of carbonyl (C=O) groups excluding carboxylic acids is 2. The number of nitrogens with one attached hydrogen (secondary N) is 2. The molecule has 0 fully saturated rings. The third-order valence-corrected chi connectivity index (χ3v) is 6.37. The van der Waals surface area contributed by atoms with E-state index in [4.69, 9.17) is 16.0 Å². The van der Waals surface area contributed by atoms with E-state index in [0.29, 0.717) is 19.3 Å². The van der Waals surface area contributed by atoms with Crippen LogP contribution in [0.5, 0.6) is 0 Å². The normalized spacial score (nSPS) is 10.7. The lowest BCUT2D eigenvalue weighted by atomic mass is 10.4. The zero-order valence-electron chi connectivity index (χ0n) is 13.4. The Morgan fingerprint density at radius 3 is 2.67 bits per heavy atom. The molecule has 10 heteroatoms. The van der Waals surface area contributed by atoms with E-state index in [0.717, 1.165) is 10.6 Å². The molecule has 0 saturated heterocycles. The molecule has 4 rings (SSSR count). The van der Waals surface area contributed by atoms with E-state index >= 15 is 0 Å². The first kappa shape index (κ1) is 17.9. The number of furan rings is 1. The summed E-state index contributed by atoms with van der Waals surface area (Å²) < 4.78 is 5.73. The summed E-state index contributed by atoms with van der Waals surface area (Å²) >= 11 is 9.87. The van der Waals surface area contributed by atoms with Crippen LogP contribution in [-0.2, 0) is 0 Å². The van der Waals surface area contributed by atoms with Crippen LogP contribution in [0.1, 0.15) is 20.2 Å². The number of amides is 2. The lowest BCUT2D eigenvalue weighted by Gasteiger charge is -1.99. The molecule has 0 unspecified atom stereocenters. The number of aromatic nitrogens is 1. The highest BCUT2D eigenvalue weighted by Crippen LogP contribution is 2.33. The molecule has 0 aliphatic carbocycles. The van der Waals surface area contributed by atoms with Gasteiger partial charge in [-0.05, 0) is 36.4 Å². The van der Waals surface area contributed by atoms with Crippen LogP contribution < -0.4 is 10.6 Å². The zero-order valence-corrected chi connectivity index (χ0v) is 16.6. The van der Waals surface area contributed by atoms with E-state index < -0.39 is 0 Å². The van der Waals surface area contributed by atoms with Crippen LogP contribution in [0.25, 0.3) is 10.6 Å². The number of thiazole rings is 1. The van der Waals surface area contributed by atoms with Gasteiger partial charge in [0.15, 0.2) is 10.9 Å². The maximum Gasteiger partial charge on any atom is 0.291 e. The number of halogens is 1. The molecule has 0 aliphatic rings. The molecule has 0 aliphatic heterocycles. The molecule has 2 N–H and O–H groups in total. The monoisotopic (exact) mass is 435 g/mol. The van der Waals surface area contributed by atoms with Gasteiger partial charge < -0.3 is 9.73 Å². The van der Waals surface area contributed by atoms with Gasteiger partial charge in [-0.1, -0.05) is 11.6 Å². The van der Waals surface area contributed by atoms with Crippen LogP contribution in [0.2, 0.25) is 4.34 Å². The smallest absolute Gasteiger partial charge is 0.291 e. The van der Waals surface area contributed by atoms with Crippen LogP contribution in [0.15, 0.2) is 52.5 Å². The summed E-state index contributed by atoms with van der Waals surface area (Å²) in [4.78, 5) is 30.2. The molecule has 0 spiro atoms. The second-order valence-corrected chi connectivity index (χ2v) is 8.85. The van der Waals surface area contributed by atoms with Gasteiger partial charge >= 0.3 is 0 Å². The number of anilines is 2. The minimum atomic E-state index is -0.368. The molecule has 6 nitrogen and oxygen atoms in total. The van der Waals surface area contributed by atoms with Crippen LogP contribution in [-0.4, -0.2) is 16.8 Å². The Morgan fingerprint density at radius 1 is 1.04 bits per heavy atom. The van der Waals surface area contributed by atoms with Crippen LogP contribution in [0, 0.1) is 0 Å². The highest BCUT2D eigenvalue weighted by Gasteiger charge is 2.15. The minimum Gasteiger partial charge on any atom is -0.459 e. The third-order valence-electron chi connectivity index (χ3n) is 3.36. The molecule has 0 radical (unpaired) electrons. The predicted octanol–water partition coefficient (Wildman–Crippen LogP) is 5.68. The van der Waals surface area contributed by atoms with Gasteiger partial charge in [0, 0.05) is 5.38 Å². The Bertz CT molecular complexity index is 1100. The van der Waals surface area contributed by atoms with Gasteiger partial charge in [0.1, 0.15) is 0 Å². The Hall–Kier alpha value is -2.46. The van der Waals surface area contributed by atoms with Crippen molar-refractivity contribution in [2.24, 2.45) is 0 Å². The van der Waals surface area contributed by atoms with Gasteiger partial charge in [0.05, 0.1) is 31.0 Å². The van der Waals surface area contributed by atoms with E-state index in [-0.39, 0.29) is 17.6 Å². The lowest BCUT2D eigenvalue weighted by Crippen LogP contribution is -2.10. The third kappa shape index (κ3) is 4.11. The average molecular weight is 436 g/mol. The fourth-order valence-electron chi connectivity index (χ4n) is 2.16. The summed E-state index contributed by atoms with van der Waals surface area (Å²) in [6, 6.07) is 10.2. The molecule has 4 aromatic heterocycles. The fourth-order valence-corrected chi connectivity index (χ4v) is 4.74. The topological polar surface area (TPSA) is 84.2 Å². The van der Waals surface area contributed by atoms with Crippen molar-refractivity contribution in [2.75, 3.05) is 10.6 Å². The first-order valence-corrected chi connectivity index (χ1v) is 10.4. The molecule has 4 aromatic rings. The van der Waals surface area contributed by atoms with Crippen molar-refractivity contribution in [3.05, 3.63) is 63.0 Å². The summed E-state index contributed by atoms with van der Waals surface area (Å²) in [5, 5.41) is 8.37. The highest BCUT2D eigenvalue weighted by molar-refractivity contribution is 7.20. The molecule has 0 atom stereocenters. The standard InChI is InChI=1S/C17H10ClN3O3S3/c18-13-5-3-11(26-13)9-8-25-17(19-9)21-16(23)12-4-6-14(27-12)20-15(22)10-2-1-7-24-10/h1-8H,(H,20,22)(H,19,21,23). The molecule has 2 amide bonds. The quantitative estimate of drug-likeness (QED) is 0.422. The highest BCUT2D eigenvalue weighted by atomic mass is 35.5. The number of hydrogen-bond acceptors (Lipinski definition) is 7. The summed E-state index contributed by atoms with van der Waals surface area (Å²) in [5.41, 5.74) is 0.768. The molecular formula is C17H10ClN3O3S3. The number of carbonyl (C=O) groups is 2. The summed E-state index contributed by atoms with van der Waals surface area (Å²) in [6.45, 7) is 0. The molecule has 0 bridgehead atoms. The van der Waals surface area contributed by atoms with E-state index in [2.05, 4.69) is 15.6 Å². The Labute approximate surface area is 170 Å². The first-order valence-electron chi connectivity index (χ1n) is 7.56. The summed E-state index contributed by atoms with van der Waals surface area (Å²) in [7, 11) is 0. The van der Waals surface area contributed by atoms with Gasteiger partial charge in [0.2, 0.25) is 0 Å². The zero-order chi connectivity index (χ0) is 18.8. The van der Waals surface area contributed by atoms with E-state index in [1.165, 1.54) is 40.3 Å². The Kier molecular flexibility index (Phi) is 5.08. The van der Waals surface area contributed by atoms with Gasteiger partial charge in [0.25, 0.3) is 11.8 Å². The summed E-state index contributed by atoms with van der Waals surface area (Å²) in [5.74, 6) is -0.449. The van der Waals surface area contributed by atoms with Gasteiger partial charge in [-0.15, -0.1) is 34.0 Å². The van der Waals surface area contributed by atoms with Crippen molar-refractivity contribution in [3.63, 3.8) is 0 Å². The second-order valence-electron chi connectivity index (χ2n) is 5.19. The first-order chi connectivity index (χ1) is 13.1. The number of nitrogens with zero attached hydrogens (tertiary/aromatic N) is 1. The molecular weight excluding hydrogens is 426 g/mol. The van der Waals surface area contributed by atoms with Crippen LogP contribution in [0.3, 0.4) is 0 Å². The average Bonchev–Trinajstić information content (AvgIpc) is 3.42. The van der Waals surface area contributed by atoms with Crippen molar-refractivity contribution in [3.8, 4) is 10.6 Å². The molecule has 0 aromatic carbocycles. The fraction of sp³-hybridized carbons (Fsp3) is 0. The Balaban J connectivity index is 1.41. The van der Waals surface area contributed by atoms with Crippen molar-refractivity contribution in [1.82, 2.24) is 4.98 Å². The largest absolute Gasteiger partial charge is 0.459 e. The maximum absolute atomic E-state index is 12.4. The molecule has 0 saturated carbocycles. The van der Waals surface area contributed by atoms with Crippen molar-refractivity contribution >= 4 is 67.6 Å². The summed E-state index contributed by atoms with van der Waals surface area (Å²) in [6.07, 6.45) is 1.43. The van der Waals surface area contributed by atoms with Crippen molar-refractivity contribution < 1.29 is 14.0 Å². The minimum absolute atomic E-state index is 0.207. The molecule has 4 heterocycles. The maximum atomic E-state index is 12.4. The van der Waals surface area contributed by atoms with Gasteiger partial charge in [-0.2, -0.15) is 0 Å². The van der Waals surface area contributed by atoms with Gasteiger partial charge in [-0.3, -0.25) is 14.9 Å². The SMILES string of the molecule is O=C(Nc1ccc(C(=O)Nc2nc(-c3ccc(Cl)s3)cs2)s1)c1ccco1. The van der Waals surface area contributed by atoms with E-state index in [1.807, 2.05) is 17.5 Å². The number of rotatable bonds is 5. The molecule has 27 heavy (non-hydrogen) atoms. The predicted molar refractivity (Wildman–Crippen MR) is 109 cm³/mol. The van der Waals surface area contributed by atoms with Crippen molar-refractivity contribution in [1.29, 1.82) is 0 Å². The van der Waals surface area contributed by atoms with Gasteiger partial charge in [-0.25, -0.2) is 4.98 Å². The second kappa shape index (κ2) is 7.65. The van der Waals surface area contributed by atoms with E-state index in [9.17, 15) is 9.59 Å². The number of hydrogen-bond donors (Lipinski definition) is 2.